The molecule has 0 aromatic heterocycles. The molecule has 3 rings (SSSR count). The van der Waals surface area contributed by atoms with Crippen molar-refractivity contribution in [3.63, 3.8) is 0 Å². The number of carbonyl (C=O) groups is 4. The topological polar surface area (TPSA) is 116 Å². The van der Waals surface area contributed by atoms with Gasteiger partial charge in [-0.05, 0) is 29.3 Å². The third kappa shape index (κ3) is 3.59. The number of nitrogens with zero attached hydrogens (tertiary/aromatic N) is 1. The monoisotopic (exact) mass is 369 g/mol. The summed E-state index contributed by atoms with van der Waals surface area (Å²) in [6.45, 7) is 1.06. The molecule has 0 spiro atoms. The smallest absolute Gasteiger partial charge is 0.325 e. The van der Waals surface area contributed by atoms with Gasteiger partial charge in [-0.15, -0.1) is 0 Å². The molecular weight excluding hydrogens is 350 g/mol. The Morgan fingerprint density at radius 1 is 1.15 bits per heavy atom. The highest BCUT2D eigenvalue weighted by Gasteiger charge is 2.49. The van der Waals surface area contributed by atoms with Crippen LogP contribution in [0.15, 0.2) is 42.5 Å². The molecule has 1 saturated heterocycles. The fourth-order valence-corrected chi connectivity index (χ4v) is 3.04. The second-order valence-electron chi connectivity index (χ2n) is 6.50. The molecule has 0 radical (unpaired) electrons. The Morgan fingerprint density at radius 3 is 2.56 bits per heavy atom. The third-order valence-electron chi connectivity index (χ3n) is 4.56. The molecule has 1 aliphatic rings. The van der Waals surface area contributed by atoms with Crippen LogP contribution >= 0.6 is 0 Å². The van der Waals surface area contributed by atoms with Gasteiger partial charge in [-0.3, -0.25) is 19.3 Å². The van der Waals surface area contributed by atoms with Gasteiger partial charge in [-0.25, -0.2) is 4.79 Å². The molecule has 1 fully saturated rings. The van der Waals surface area contributed by atoms with E-state index in [1.165, 1.54) is 0 Å². The Bertz CT molecular complexity index is 942. The van der Waals surface area contributed by atoms with E-state index in [0.717, 1.165) is 15.7 Å². The number of rotatable bonds is 6. The van der Waals surface area contributed by atoms with Gasteiger partial charge in [0.2, 0.25) is 5.91 Å². The van der Waals surface area contributed by atoms with Crippen LogP contribution in [0.3, 0.4) is 0 Å². The van der Waals surface area contributed by atoms with Crippen molar-refractivity contribution in [2.45, 2.75) is 18.9 Å². The van der Waals surface area contributed by atoms with Crippen LogP contribution in [-0.4, -0.2) is 46.9 Å². The molecule has 8 nitrogen and oxygen atoms in total. The quantitative estimate of drug-likeness (QED) is 0.662. The van der Waals surface area contributed by atoms with E-state index in [4.69, 9.17) is 5.11 Å². The third-order valence-corrected chi connectivity index (χ3v) is 4.56. The summed E-state index contributed by atoms with van der Waals surface area (Å²) < 4.78 is 0. The normalized spacial score (nSPS) is 19.2. The van der Waals surface area contributed by atoms with E-state index < -0.39 is 35.9 Å². The zero-order valence-corrected chi connectivity index (χ0v) is 14.7. The lowest BCUT2D eigenvalue weighted by atomic mass is 9.90. The number of hydrogen-bond donors (Lipinski definition) is 3. The minimum absolute atomic E-state index is 0.0697. The summed E-state index contributed by atoms with van der Waals surface area (Å²) in [5, 5.41) is 15.6. The van der Waals surface area contributed by atoms with Gasteiger partial charge in [0.05, 0.1) is 6.42 Å². The maximum atomic E-state index is 12.9. The van der Waals surface area contributed by atoms with Crippen molar-refractivity contribution in [2.75, 3.05) is 13.1 Å². The van der Waals surface area contributed by atoms with Crippen molar-refractivity contribution in [3.05, 3.63) is 48.0 Å². The molecule has 1 aliphatic heterocycles. The molecule has 27 heavy (non-hydrogen) atoms. The molecule has 0 saturated carbocycles. The number of aliphatic carboxylic acids is 1. The average molecular weight is 369 g/mol. The summed E-state index contributed by atoms with van der Waals surface area (Å²) in [6, 6.07) is 12.5. The van der Waals surface area contributed by atoms with Gasteiger partial charge in [0, 0.05) is 6.54 Å². The predicted molar refractivity (Wildman–Crippen MR) is 96.8 cm³/mol. The summed E-state index contributed by atoms with van der Waals surface area (Å²) in [7, 11) is 0. The van der Waals surface area contributed by atoms with Crippen LogP contribution in [0.2, 0.25) is 0 Å². The van der Waals surface area contributed by atoms with Gasteiger partial charge in [0.15, 0.2) is 0 Å². The van der Waals surface area contributed by atoms with Gasteiger partial charge < -0.3 is 15.7 Å². The number of carboxylic acids is 1. The van der Waals surface area contributed by atoms with Gasteiger partial charge in [-0.2, -0.15) is 0 Å². The maximum Gasteiger partial charge on any atom is 0.325 e. The number of fused-ring (bicyclic) bond motifs is 1. The molecule has 2 aromatic carbocycles. The second-order valence-corrected chi connectivity index (χ2v) is 6.50. The van der Waals surface area contributed by atoms with Gasteiger partial charge in [-0.1, -0.05) is 36.4 Å². The van der Waals surface area contributed by atoms with Gasteiger partial charge in [0.1, 0.15) is 12.1 Å². The predicted octanol–water partition coefficient (Wildman–Crippen LogP) is 1.20. The van der Waals surface area contributed by atoms with Crippen molar-refractivity contribution < 1.29 is 24.3 Å². The van der Waals surface area contributed by atoms with Crippen molar-refractivity contribution in [2.24, 2.45) is 0 Å². The van der Waals surface area contributed by atoms with Crippen LogP contribution in [0, 0.1) is 0 Å². The average Bonchev–Trinajstić information content (AvgIpc) is 2.85. The number of hydrogen-bond acceptors (Lipinski definition) is 4. The molecule has 8 heteroatoms. The highest BCUT2D eigenvalue weighted by molar-refractivity contribution is 6.09. The van der Waals surface area contributed by atoms with Crippen LogP contribution < -0.4 is 10.6 Å². The van der Waals surface area contributed by atoms with Crippen LogP contribution in [0.4, 0.5) is 4.79 Å². The molecular formula is C19H19N3O5. The standard InChI is InChI=1S/C19H19N3O5/c1-19(14-7-6-12-4-2-3-5-13(12)10-14)17(26)22(18(27)21-19)11-15(23)20-9-8-16(24)25/h2-7,10H,8-9,11H2,1H3,(H,20,23)(H,21,27)(H,24,25). The molecule has 4 amide bonds. The van der Waals surface area contributed by atoms with Crippen molar-refractivity contribution in [1.82, 2.24) is 15.5 Å². The number of carbonyl (C=O) groups excluding carboxylic acids is 3. The van der Waals surface area contributed by atoms with E-state index in [1.807, 2.05) is 36.4 Å². The van der Waals surface area contributed by atoms with E-state index in [-0.39, 0.29) is 13.0 Å². The van der Waals surface area contributed by atoms with Crippen molar-refractivity contribution >= 4 is 34.6 Å². The first kappa shape index (κ1) is 18.4. The van der Waals surface area contributed by atoms with E-state index >= 15 is 0 Å². The zero-order chi connectivity index (χ0) is 19.6. The minimum atomic E-state index is -1.28. The van der Waals surface area contributed by atoms with E-state index in [0.29, 0.717) is 5.56 Å². The summed E-state index contributed by atoms with van der Waals surface area (Å²) in [6.07, 6.45) is -0.235. The zero-order valence-electron chi connectivity index (χ0n) is 14.7. The highest BCUT2D eigenvalue weighted by atomic mass is 16.4. The van der Waals surface area contributed by atoms with Crippen LogP contribution in [0.25, 0.3) is 10.8 Å². The summed E-state index contributed by atoms with van der Waals surface area (Å²) >= 11 is 0. The largest absolute Gasteiger partial charge is 0.481 e. The Hall–Kier alpha value is -3.42. The minimum Gasteiger partial charge on any atom is -0.481 e. The van der Waals surface area contributed by atoms with Crippen LogP contribution in [0.1, 0.15) is 18.9 Å². The Morgan fingerprint density at radius 2 is 1.85 bits per heavy atom. The Labute approximate surface area is 155 Å². The molecule has 0 bridgehead atoms. The fourth-order valence-electron chi connectivity index (χ4n) is 3.04. The molecule has 1 atom stereocenters. The second kappa shape index (κ2) is 7.06. The summed E-state index contributed by atoms with van der Waals surface area (Å²) in [5.41, 5.74) is -0.657. The first-order chi connectivity index (χ1) is 12.8. The first-order valence-corrected chi connectivity index (χ1v) is 8.43. The van der Waals surface area contributed by atoms with Gasteiger partial charge in [0.25, 0.3) is 5.91 Å². The lowest BCUT2D eigenvalue weighted by Gasteiger charge is -2.22. The van der Waals surface area contributed by atoms with E-state index in [1.54, 1.807) is 13.0 Å². The number of benzene rings is 2. The molecule has 3 N–H and O–H groups in total. The number of amides is 4. The summed E-state index contributed by atoms with van der Waals surface area (Å²) in [4.78, 5) is 48.4. The number of carboxylic acid groups (broad SMARTS) is 1. The lowest BCUT2D eigenvalue weighted by molar-refractivity contribution is -0.137. The number of imide groups is 1. The molecule has 2 aromatic rings. The molecule has 0 aliphatic carbocycles. The fraction of sp³-hybridized carbons (Fsp3) is 0.263. The first-order valence-electron chi connectivity index (χ1n) is 8.43. The maximum absolute atomic E-state index is 12.9. The SMILES string of the molecule is CC1(c2ccc3ccccc3c2)NC(=O)N(CC(=O)NCCC(=O)O)C1=O. The molecule has 140 valence electrons. The van der Waals surface area contributed by atoms with E-state index in [9.17, 15) is 19.2 Å². The number of urea groups is 1. The number of nitrogens with one attached hydrogen (secondary N) is 2. The van der Waals surface area contributed by atoms with Crippen LogP contribution in [-0.2, 0) is 19.9 Å². The van der Waals surface area contributed by atoms with Crippen molar-refractivity contribution in [1.29, 1.82) is 0 Å². The van der Waals surface area contributed by atoms with Crippen LogP contribution in [0.5, 0.6) is 0 Å². The van der Waals surface area contributed by atoms with Crippen molar-refractivity contribution in [3.8, 4) is 0 Å². The molecule has 1 heterocycles. The summed E-state index contributed by atoms with van der Waals surface area (Å²) in [5.74, 6) is -2.17. The van der Waals surface area contributed by atoms with Gasteiger partial charge >= 0.3 is 12.0 Å². The Balaban J connectivity index is 1.77. The lowest BCUT2D eigenvalue weighted by Crippen LogP contribution is -2.43. The highest BCUT2D eigenvalue weighted by Crippen LogP contribution is 2.30. The Kier molecular flexibility index (Phi) is 4.81. The van der Waals surface area contributed by atoms with E-state index in [2.05, 4.69) is 10.6 Å². The molecule has 1 unspecified atom stereocenters.